The van der Waals surface area contributed by atoms with E-state index < -0.39 is 32.4 Å². The van der Waals surface area contributed by atoms with Crippen LogP contribution in [-0.2, 0) is 10.0 Å². The van der Waals surface area contributed by atoms with Crippen LogP contribution in [0.1, 0.15) is 13.3 Å². The number of benzene rings is 1. The Kier molecular flexibility index (Phi) is 5.65. The highest BCUT2D eigenvalue weighted by Gasteiger charge is 2.39. The molecule has 0 spiro atoms. The highest BCUT2D eigenvalue weighted by Crippen LogP contribution is 2.30. The standard InChI is InChI=1S/C12H15F3N2O2S.ClH/c1-7-4-8(5-16)6-17(7)20(18,19)10-3-2-9(13)11(14)12(10)15;/h2-3,7-8H,4-6,16H2,1H3;1H. The summed E-state index contributed by atoms with van der Waals surface area (Å²) in [7, 11) is -4.20. The number of rotatable bonds is 3. The van der Waals surface area contributed by atoms with Crippen LogP contribution >= 0.6 is 12.4 Å². The first-order valence-electron chi connectivity index (χ1n) is 6.14. The van der Waals surface area contributed by atoms with Crippen molar-refractivity contribution in [2.75, 3.05) is 13.1 Å². The second-order valence-corrected chi connectivity index (χ2v) is 6.79. The van der Waals surface area contributed by atoms with Gasteiger partial charge in [-0.1, -0.05) is 0 Å². The van der Waals surface area contributed by atoms with Crippen LogP contribution in [0.25, 0.3) is 0 Å². The first-order valence-corrected chi connectivity index (χ1v) is 7.58. The summed E-state index contributed by atoms with van der Waals surface area (Å²) in [6.07, 6.45) is 0.557. The SMILES string of the molecule is CC1CC(CN)CN1S(=O)(=O)c1ccc(F)c(F)c1F.Cl. The molecule has 0 amide bonds. The van der Waals surface area contributed by atoms with Crippen LogP contribution in [0.5, 0.6) is 0 Å². The molecule has 2 N–H and O–H groups in total. The topological polar surface area (TPSA) is 63.4 Å². The molecule has 1 aliphatic rings. The summed E-state index contributed by atoms with van der Waals surface area (Å²) in [5.74, 6) is -4.91. The highest BCUT2D eigenvalue weighted by molar-refractivity contribution is 7.89. The van der Waals surface area contributed by atoms with Gasteiger partial charge < -0.3 is 5.73 Å². The summed E-state index contributed by atoms with van der Waals surface area (Å²) >= 11 is 0. The molecule has 2 rings (SSSR count). The van der Waals surface area contributed by atoms with E-state index in [1.165, 1.54) is 0 Å². The van der Waals surface area contributed by atoms with Gasteiger partial charge in [0.2, 0.25) is 10.0 Å². The third-order valence-electron chi connectivity index (χ3n) is 3.52. The second-order valence-electron chi connectivity index (χ2n) is 4.93. The second kappa shape index (κ2) is 6.51. The largest absolute Gasteiger partial charge is 0.330 e. The maximum atomic E-state index is 13.7. The molecule has 1 aromatic rings. The summed E-state index contributed by atoms with van der Waals surface area (Å²) in [5, 5.41) is 0. The molecule has 2 unspecified atom stereocenters. The molecule has 1 heterocycles. The summed E-state index contributed by atoms with van der Waals surface area (Å²) in [6.45, 7) is 2.14. The van der Waals surface area contributed by atoms with Crippen LogP contribution in [0.4, 0.5) is 13.2 Å². The van der Waals surface area contributed by atoms with E-state index in [4.69, 9.17) is 5.73 Å². The van der Waals surface area contributed by atoms with Gasteiger partial charge in [-0.25, -0.2) is 21.6 Å². The Balaban J connectivity index is 0.00000220. The molecule has 4 nitrogen and oxygen atoms in total. The Labute approximate surface area is 127 Å². The van der Waals surface area contributed by atoms with E-state index in [9.17, 15) is 21.6 Å². The summed E-state index contributed by atoms with van der Waals surface area (Å²) < 4.78 is 65.5. The van der Waals surface area contributed by atoms with Crippen molar-refractivity contribution in [3.63, 3.8) is 0 Å². The Morgan fingerprint density at radius 3 is 2.43 bits per heavy atom. The Bertz CT molecular complexity index is 627. The van der Waals surface area contributed by atoms with Gasteiger partial charge in [0.05, 0.1) is 0 Å². The van der Waals surface area contributed by atoms with Gasteiger partial charge in [-0.15, -0.1) is 12.4 Å². The molecule has 0 saturated carbocycles. The van der Waals surface area contributed by atoms with Crippen molar-refractivity contribution in [3.05, 3.63) is 29.6 Å². The number of hydrogen-bond donors (Lipinski definition) is 1. The average molecular weight is 345 g/mol. The molecule has 0 radical (unpaired) electrons. The zero-order valence-corrected chi connectivity index (χ0v) is 12.9. The average Bonchev–Trinajstić information content (AvgIpc) is 2.78. The van der Waals surface area contributed by atoms with E-state index in [-0.39, 0.29) is 30.9 Å². The fourth-order valence-electron chi connectivity index (χ4n) is 2.45. The Morgan fingerprint density at radius 2 is 1.90 bits per heavy atom. The van der Waals surface area contributed by atoms with Gasteiger partial charge >= 0.3 is 0 Å². The van der Waals surface area contributed by atoms with E-state index in [0.717, 1.165) is 10.4 Å². The molecule has 0 aromatic heterocycles. The van der Waals surface area contributed by atoms with E-state index in [1.807, 2.05) is 0 Å². The van der Waals surface area contributed by atoms with Crippen molar-refractivity contribution < 1.29 is 21.6 Å². The third-order valence-corrected chi connectivity index (χ3v) is 5.52. The van der Waals surface area contributed by atoms with E-state index in [1.54, 1.807) is 6.92 Å². The monoisotopic (exact) mass is 344 g/mol. The number of nitrogens with two attached hydrogens (primary N) is 1. The van der Waals surface area contributed by atoms with Crippen molar-refractivity contribution >= 4 is 22.4 Å². The van der Waals surface area contributed by atoms with Gasteiger partial charge in [0.25, 0.3) is 0 Å². The van der Waals surface area contributed by atoms with Gasteiger partial charge in [0, 0.05) is 12.6 Å². The predicted octanol–water partition coefficient (Wildman–Crippen LogP) is 1.88. The van der Waals surface area contributed by atoms with Gasteiger partial charge in [-0.05, 0) is 37.9 Å². The molecule has 9 heteroatoms. The van der Waals surface area contributed by atoms with Gasteiger partial charge in [-0.2, -0.15) is 4.31 Å². The van der Waals surface area contributed by atoms with Crippen molar-refractivity contribution in [3.8, 4) is 0 Å². The van der Waals surface area contributed by atoms with E-state index in [2.05, 4.69) is 0 Å². The van der Waals surface area contributed by atoms with Crippen molar-refractivity contribution in [1.29, 1.82) is 0 Å². The number of halogens is 4. The maximum absolute atomic E-state index is 13.7. The lowest BCUT2D eigenvalue weighted by Crippen LogP contribution is -2.35. The van der Waals surface area contributed by atoms with Gasteiger partial charge in [-0.3, -0.25) is 0 Å². The van der Waals surface area contributed by atoms with E-state index >= 15 is 0 Å². The quantitative estimate of drug-likeness (QED) is 0.852. The molecular formula is C12H16ClF3N2O2S. The molecular weight excluding hydrogens is 329 g/mol. The lowest BCUT2D eigenvalue weighted by atomic mass is 10.1. The van der Waals surface area contributed by atoms with Crippen molar-refractivity contribution in [2.24, 2.45) is 11.7 Å². The zero-order chi connectivity index (χ0) is 15.1. The smallest absolute Gasteiger partial charge is 0.246 e. The highest BCUT2D eigenvalue weighted by atomic mass is 35.5. The number of sulfonamides is 1. The Hall–Kier alpha value is -0.830. The van der Waals surface area contributed by atoms with Crippen LogP contribution in [-0.4, -0.2) is 31.9 Å². The number of nitrogens with zero attached hydrogens (tertiary/aromatic N) is 1. The first kappa shape index (κ1) is 18.2. The van der Waals surface area contributed by atoms with Crippen molar-refractivity contribution in [1.82, 2.24) is 4.31 Å². The van der Waals surface area contributed by atoms with Crippen molar-refractivity contribution in [2.45, 2.75) is 24.3 Å². The lowest BCUT2D eigenvalue weighted by Gasteiger charge is -2.21. The van der Waals surface area contributed by atoms with Crippen LogP contribution in [0.2, 0.25) is 0 Å². The van der Waals surface area contributed by atoms with Crippen LogP contribution in [0.15, 0.2) is 17.0 Å². The molecule has 1 aromatic carbocycles. The van der Waals surface area contributed by atoms with Crippen LogP contribution < -0.4 is 5.73 Å². The fourth-order valence-corrected chi connectivity index (χ4v) is 4.22. The van der Waals surface area contributed by atoms with Gasteiger partial charge in [0.15, 0.2) is 17.5 Å². The summed E-state index contributed by atoms with van der Waals surface area (Å²) in [4.78, 5) is -0.846. The third kappa shape index (κ3) is 3.18. The van der Waals surface area contributed by atoms with Crippen LogP contribution in [0.3, 0.4) is 0 Å². The first-order chi connectivity index (χ1) is 9.28. The predicted molar refractivity (Wildman–Crippen MR) is 74.1 cm³/mol. The minimum Gasteiger partial charge on any atom is -0.330 e. The molecule has 2 atom stereocenters. The van der Waals surface area contributed by atoms with E-state index in [0.29, 0.717) is 19.0 Å². The maximum Gasteiger partial charge on any atom is 0.246 e. The van der Waals surface area contributed by atoms with Crippen LogP contribution in [0, 0.1) is 23.4 Å². The molecule has 0 aliphatic carbocycles. The summed E-state index contributed by atoms with van der Waals surface area (Å²) in [6, 6.07) is 0.985. The number of hydrogen-bond acceptors (Lipinski definition) is 3. The molecule has 21 heavy (non-hydrogen) atoms. The molecule has 120 valence electrons. The molecule has 1 aliphatic heterocycles. The normalized spacial score (nSPS) is 23.1. The molecule has 0 bridgehead atoms. The van der Waals surface area contributed by atoms with Gasteiger partial charge in [0.1, 0.15) is 4.90 Å². The summed E-state index contributed by atoms with van der Waals surface area (Å²) in [5.41, 5.74) is 5.51. The molecule has 1 saturated heterocycles. The fraction of sp³-hybridized carbons (Fsp3) is 0.500. The zero-order valence-electron chi connectivity index (χ0n) is 11.2. The Morgan fingerprint density at radius 1 is 1.29 bits per heavy atom. The lowest BCUT2D eigenvalue weighted by molar-refractivity contribution is 0.393. The minimum atomic E-state index is -4.20. The minimum absolute atomic E-state index is 0. The molecule has 1 fully saturated rings.